The van der Waals surface area contributed by atoms with Crippen molar-refractivity contribution >= 4 is 17.1 Å². The van der Waals surface area contributed by atoms with Gasteiger partial charge >= 0.3 is 5.97 Å². The number of rotatable bonds is 7. The number of carbonyl (C=O) groups is 1. The van der Waals surface area contributed by atoms with Gasteiger partial charge in [0, 0.05) is 6.42 Å². The Morgan fingerprint density at radius 1 is 1.16 bits per heavy atom. The maximum atomic E-state index is 12.2. The number of phenols is 1. The van der Waals surface area contributed by atoms with Gasteiger partial charge in [-0.05, 0) is 54.3 Å². The van der Waals surface area contributed by atoms with E-state index < -0.39 is 11.5 Å². The number of nitrogens with zero attached hydrogens (tertiary/aromatic N) is 3. The highest BCUT2D eigenvalue weighted by Crippen LogP contribution is 2.34. The van der Waals surface area contributed by atoms with Gasteiger partial charge in [-0.25, -0.2) is 10.1 Å². The number of aromatic hydroxyl groups is 1. The molecule has 0 spiro atoms. The molecule has 0 bridgehead atoms. The Balaban J connectivity index is 1.76. The number of ether oxygens (including phenoxy) is 1. The van der Waals surface area contributed by atoms with Gasteiger partial charge in [0.25, 0.3) is 5.56 Å². The molecule has 0 aliphatic rings. The Morgan fingerprint density at radius 2 is 1.94 bits per heavy atom. The van der Waals surface area contributed by atoms with Gasteiger partial charge in [-0.1, -0.05) is 17.3 Å². The van der Waals surface area contributed by atoms with E-state index in [2.05, 4.69) is 25.4 Å². The van der Waals surface area contributed by atoms with Crippen LogP contribution in [0.3, 0.4) is 0 Å². The second-order valence-electron chi connectivity index (χ2n) is 6.80. The summed E-state index contributed by atoms with van der Waals surface area (Å²) in [5, 5.41) is 28.9. The first-order valence-electron chi connectivity index (χ1n) is 9.58. The molecule has 31 heavy (non-hydrogen) atoms. The predicted octanol–water partition coefficient (Wildman–Crippen LogP) is 2.50. The highest BCUT2D eigenvalue weighted by Gasteiger charge is 2.15. The van der Waals surface area contributed by atoms with Crippen LogP contribution in [0, 0.1) is 0 Å². The first kappa shape index (κ1) is 20.1. The molecule has 0 fully saturated rings. The molecule has 4 aromatic rings. The van der Waals surface area contributed by atoms with Crippen molar-refractivity contribution < 1.29 is 19.7 Å². The lowest BCUT2D eigenvalue weighted by Crippen LogP contribution is -2.10. The minimum absolute atomic E-state index is 0.0508. The lowest BCUT2D eigenvalue weighted by molar-refractivity contribution is -0.136. The smallest absolute Gasteiger partial charge is 0.303 e. The number of hydrogen-bond acceptors (Lipinski definition) is 7. The van der Waals surface area contributed by atoms with E-state index in [1.165, 1.54) is 0 Å². The van der Waals surface area contributed by atoms with Crippen molar-refractivity contribution in [3.8, 4) is 34.0 Å². The zero-order valence-corrected chi connectivity index (χ0v) is 16.5. The van der Waals surface area contributed by atoms with Crippen molar-refractivity contribution in [2.45, 2.75) is 19.8 Å². The van der Waals surface area contributed by atoms with Crippen LogP contribution in [0.4, 0.5) is 0 Å². The fourth-order valence-electron chi connectivity index (χ4n) is 3.27. The Kier molecular flexibility index (Phi) is 5.35. The van der Waals surface area contributed by atoms with E-state index >= 15 is 0 Å². The first-order chi connectivity index (χ1) is 15.0. The normalized spacial score (nSPS) is 11.0. The Morgan fingerprint density at radius 3 is 2.71 bits per heavy atom. The molecule has 0 saturated carbocycles. The summed E-state index contributed by atoms with van der Waals surface area (Å²) in [5.74, 6) is -0.0600. The maximum Gasteiger partial charge on any atom is 0.303 e. The third kappa shape index (κ3) is 4.08. The average Bonchev–Trinajstić information content (AvgIpc) is 3.22. The van der Waals surface area contributed by atoms with Crippen LogP contribution in [-0.2, 0) is 11.2 Å². The van der Waals surface area contributed by atoms with Gasteiger partial charge in [-0.2, -0.15) is 0 Å². The number of nitrogens with one attached hydrogen (secondary N) is 2. The standard InChI is InChI=1S/C21H19N5O5/c1-2-31-16-10-12(11-4-7-15(27)13(9-11)5-8-17(28)29)3-6-14(16)19-22-20-18(21(30)23-19)24-26-25-20/h3-4,6-7,9-10,27H,2,5,8H2,1H3,(H,28,29)(H2,22,23,24,25,26,30). The van der Waals surface area contributed by atoms with Crippen molar-refractivity contribution in [3.63, 3.8) is 0 Å². The molecule has 0 saturated heterocycles. The van der Waals surface area contributed by atoms with E-state index in [4.69, 9.17) is 9.84 Å². The molecule has 2 aromatic heterocycles. The number of fused-ring (bicyclic) bond motifs is 1. The molecule has 0 unspecified atom stereocenters. The third-order valence-corrected chi connectivity index (χ3v) is 4.76. The van der Waals surface area contributed by atoms with Crippen LogP contribution < -0.4 is 10.3 Å². The van der Waals surface area contributed by atoms with Gasteiger partial charge in [0.05, 0.1) is 12.2 Å². The molecule has 2 aromatic carbocycles. The van der Waals surface area contributed by atoms with E-state index in [0.29, 0.717) is 29.3 Å². The van der Waals surface area contributed by atoms with Gasteiger partial charge < -0.3 is 19.9 Å². The second-order valence-corrected chi connectivity index (χ2v) is 6.80. The second kappa shape index (κ2) is 8.27. The van der Waals surface area contributed by atoms with Crippen molar-refractivity contribution in [3.05, 3.63) is 52.3 Å². The Labute approximate surface area is 175 Å². The molecule has 4 N–H and O–H groups in total. The summed E-state index contributed by atoms with van der Waals surface area (Å²) in [6.45, 7) is 2.24. The number of benzene rings is 2. The van der Waals surface area contributed by atoms with Gasteiger partial charge in [-0.15, -0.1) is 5.10 Å². The van der Waals surface area contributed by atoms with Gasteiger partial charge in [0.2, 0.25) is 0 Å². The quantitative estimate of drug-likeness (QED) is 0.355. The fraction of sp³-hybridized carbons (Fsp3) is 0.190. The zero-order valence-electron chi connectivity index (χ0n) is 16.5. The van der Waals surface area contributed by atoms with E-state index in [1.807, 2.05) is 19.1 Å². The van der Waals surface area contributed by atoms with E-state index in [-0.39, 0.29) is 29.8 Å². The van der Waals surface area contributed by atoms with Crippen LogP contribution in [0.5, 0.6) is 11.5 Å². The van der Waals surface area contributed by atoms with Gasteiger partial charge in [0.1, 0.15) is 17.3 Å². The number of H-pyrrole nitrogens is 2. The fourth-order valence-corrected chi connectivity index (χ4v) is 3.27. The molecule has 0 aliphatic carbocycles. The number of aliphatic carboxylic acids is 1. The van der Waals surface area contributed by atoms with Crippen molar-refractivity contribution in [2.24, 2.45) is 0 Å². The molecule has 4 rings (SSSR count). The van der Waals surface area contributed by atoms with Crippen molar-refractivity contribution in [1.29, 1.82) is 0 Å². The van der Waals surface area contributed by atoms with E-state index in [9.17, 15) is 14.7 Å². The molecule has 158 valence electrons. The van der Waals surface area contributed by atoms with E-state index in [0.717, 1.165) is 11.1 Å². The minimum Gasteiger partial charge on any atom is -0.508 e. The number of hydrogen-bond donors (Lipinski definition) is 4. The summed E-state index contributed by atoms with van der Waals surface area (Å²) in [7, 11) is 0. The maximum absolute atomic E-state index is 12.2. The number of phenolic OH excluding ortho intramolecular Hbond substituents is 1. The van der Waals surface area contributed by atoms with Gasteiger partial charge in [-0.3, -0.25) is 9.59 Å². The van der Waals surface area contributed by atoms with Crippen molar-refractivity contribution in [2.75, 3.05) is 6.61 Å². The van der Waals surface area contributed by atoms with Crippen LogP contribution >= 0.6 is 0 Å². The lowest BCUT2D eigenvalue weighted by Gasteiger charge is -2.13. The third-order valence-electron chi connectivity index (χ3n) is 4.76. The Bertz CT molecular complexity index is 1330. The minimum atomic E-state index is -0.932. The molecule has 0 aliphatic heterocycles. The van der Waals surface area contributed by atoms with Crippen LogP contribution in [0.25, 0.3) is 33.7 Å². The molecular formula is C21H19N5O5. The molecule has 0 radical (unpaired) electrons. The molecule has 0 atom stereocenters. The predicted molar refractivity (Wildman–Crippen MR) is 112 cm³/mol. The molecule has 10 nitrogen and oxygen atoms in total. The summed E-state index contributed by atoms with van der Waals surface area (Å²) in [5.41, 5.74) is 2.70. The highest BCUT2D eigenvalue weighted by molar-refractivity contribution is 5.77. The monoisotopic (exact) mass is 421 g/mol. The molecule has 0 amide bonds. The van der Waals surface area contributed by atoms with Crippen LogP contribution in [0.2, 0.25) is 0 Å². The van der Waals surface area contributed by atoms with Crippen molar-refractivity contribution in [1.82, 2.24) is 25.4 Å². The number of aromatic nitrogens is 5. The molecular weight excluding hydrogens is 402 g/mol. The highest BCUT2D eigenvalue weighted by atomic mass is 16.5. The molecule has 10 heteroatoms. The summed E-state index contributed by atoms with van der Waals surface area (Å²) in [6.07, 6.45) is 0.138. The summed E-state index contributed by atoms with van der Waals surface area (Å²) >= 11 is 0. The summed E-state index contributed by atoms with van der Waals surface area (Å²) in [4.78, 5) is 30.2. The average molecular weight is 421 g/mol. The first-order valence-corrected chi connectivity index (χ1v) is 9.58. The zero-order chi connectivity index (χ0) is 22.0. The van der Waals surface area contributed by atoms with Crippen LogP contribution in [0.15, 0.2) is 41.2 Å². The van der Waals surface area contributed by atoms with Crippen LogP contribution in [0.1, 0.15) is 18.9 Å². The number of carboxylic acids is 1. The Hall–Kier alpha value is -4.21. The topological polar surface area (TPSA) is 154 Å². The lowest BCUT2D eigenvalue weighted by atomic mass is 9.98. The molecule has 2 heterocycles. The number of aryl methyl sites for hydroxylation is 1. The largest absolute Gasteiger partial charge is 0.508 e. The number of carboxylic acid groups (broad SMARTS) is 1. The number of aromatic amines is 2. The van der Waals surface area contributed by atoms with Crippen LogP contribution in [-0.4, -0.2) is 48.2 Å². The van der Waals surface area contributed by atoms with E-state index in [1.54, 1.807) is 24.3 Å². The van der Waals surface area contributed by atoms with Gasteiger partial charge in [0.15, 0.2) is 11.2 Å². The summed E-state index contributed by atoms with van der Waals surface area (Å²) in [6, 6.07) is 10.5. The SMILES string of the molecule is CCOc1cc(-c2ccc(O)c(CCC(=O)O)c2)ccc1-c1nc2[nH]nnc2c(=O)[nH]1. The summed E-state index contributed by atoms with van der Waals surface area (Å²) < 4.78 is 5.79.